The van der Waals surface area contributed by atoms with Gasteiger partial charge >= 0.3 is 16.0 Å². The molecule has 0 aliphatic rings. The van der Waals surface area contributed by atoms with E-state index in [-0.39, 0.29) is 0 Å². The minimum atomic E-state index is -4.25. The van der Waals surface area contributed by atoms with Crippen molar-refractivity contribution in [3.8, 4) is 0 Å². The Hall–Kier alpha value is -0.770. The van der Waals surface area contributed by atoms with Crippen molar-refractivity contribution in [3.05, 3.63) is 30.3 Å². The van der Waals surface area contributed by atoms with Crippen LogP contribution in [0.4, 0.5) is 5.69 Å². The van der Waals surface area contributed by atoms with Crippen molar-refractivity contribution in [1.82, 2.24) is 0 Å². The lowest BCUT2D eigenvalue weighted by molar-refractivity contribution is 0.355. The minimum Gasteiger partial charge on any atom is -0.305 e. The van der Waals surface area contributed by atoms with Crippen LogP contribution in [-0.4, -0.2) is 9.79 Å². The fourth-order valence-electron chi connectivity index (χ4n) is 0.791. The smallest absolute Gasteiger partial charge is 0.305 e. The van der Waals surface area contributed by atoms with Crippen molar-refractivity contribution in [3.63, 3.8) is 0 Å². The molecule has 0 aromatic heterocycles. The number of benzene rings is 1. The largest absolute Gasteiger partial charge is 0.705 e. The van der Waals surface area contributed by atoms with E-state index >= 15 is 0 Å². The molecule has 0 saturated heterocycles. The highest BCUT2D eigenvalue weighted by Crippen LogP contribution is 2.49. The molecule has 1 rings (SSSR count). The first kappa shape index (κ1) is 11.3. The molecule has 1 aromatic rings. The van der Waals surface area contributed by atoms with E-state index in [0.717, 1.165) is 0 Å². The van der Waals surface area contributed by atoms with Crippen molar-refractivity contribution in [1.29, 1.82) is 0 Å². The Morgan fingerprint density at radius 3 is 2.43 bits per heavy atom. The van der Waals surface area contributed by atoms with Crippen molar-refractivity contribution >= 4 is 21.7 Å². The highest BCUT2D eigenvalue weighted by molar-refractivity contribution is 7.60. The number of rotatable bonds is 4. The van der Waals surface area contributed by atoms with Crippen LogP contribution < -0.4 is 5.09 Å². The summed E-state index contributed by atoms with van der Waals surface area (Å²) in [6, 6.07) is 8.05. The van der Waals surface area contributed by atoms with Crippen LogP contribution >= 0.6 is 16.0 Å². The zero-order valence-corrected chi connectivity index (χ0v) is 8.69. The summed E-state index contributed by atoms with van der Waals surface area (Å²) in [6.45, 7) is 0. The maximum atomic E-state index is 11.1. The number of para-hydroxylation sites is 1. The maximum Gasteiger partial charge on any atom is 0.705 e. The van der Waals surface area contributed by atoms with Gasteiger partial charge in [-0.2, -0.15) is 0 Å². The predicted molar refractivity (Wildman–Crippen MR) is 50.8 cm³/mol. The molecule has 0 radical (unpaired) electrons. The Morgan fingerprint density at radius 2 is 1.93 bits per heavy atom. The molecule has 0 fully saturated rings. The van der Waals surface area contributed by atoms with Gasteiger partial charge in [0.25, 0.3) is 0 Å². The number of anilines is 1. The molecule has 1 aromatic carbocycles. The summed E-state index contributed by atoms with van der Waals surface area (Å²) in [5.74, 6) is 0. The van der Waals surface area contributed by atoms with E-state index in [1.165, 1.54) is 12.1 Å². The Labute approximate surface area is 81.1 Å². The first-order chi connectivity index (χ1) is 6.49. The van der Waals surface area contributed by atoms with Gasteiger partial charge in [0.2, 0.25) is 0 Å². The molecule has 8 heteroatoms. The highest BCUT2D eigenvalue weighted by atomic mass is 31.2. The second kappa shape index (κ2) is 4.64. The molecule has 3 N–H and O–H groups in total. The zero-order chi connectivity index (χ0) is 10.6. The fraction of sp³-hybridized carbons (Fsp3) is 0. The molecule has 76 valence electrons. The fourth-order valence-corrected chi connectivity index (χ4v) is 2.19. The lowest BCUT2D eigenvalue weighted by atomic mass is 10.3. The third-order valence-electron chi connectivity index (χ3n) is 1.22. The summed E-state index contributed by atoms with van der Waals surface area (Å²) in [5.41, 5.74) is 0.329. The Balaban J connectivity index is 2.69. The summed E-state index contributed by atoms with van der Waals surface area (Å²) < 4.78 is 25.1. The van der Waals surface area contributed by atoms with Crippen LogP contribution in [0, 0.1) is 0 Å². The highest BCUT2D eigenvalue weighted by Gasteiger charge is 2.32. The van der Waals surface area contributed by atoms with E-state index < -0.39 is 16.0 Å². The van der Waals surface area contributed by atoms with Gasteiger partial charge in [0, 0.05) is 10.3 Å². The molecule has 0 saturated carbocycles. The average molecular weight is 236 g/mol. The Bertz CT molecular complexity index is 368. The van der Waals surface area contributed by atoms with Gasteiger partial charge in [0.05, 0.1) is 0 Å². The van der Waals surface area contributed by atoms with Crippen molar-refractivity contribution in [2.75, 3.05) is 5.09 Å². The summed E-state index contributed by atoms with van der Waals surface area (Å²) in [7, 11) is -7.36. The summed E-state index contributed by atoms with van der Waals surface area (Å²) in [6.07, 6.45) is 0. The average Bonchev–Trinajstić information content (AvgIpc) is 2.02. The van der Waals surface area contributed by atoms with Gasteiger partial charge in [-0.3, -0.25) is 5.09 Å². The van der Waals surface area contributed by atoms with Crippen molar-refractivity contribution in [2.24, 2.45) is 0 Å². The molecule has 0 bridgehead atoms. The van der Waals surface area contributed by atoms with Gasteiger partial charge in [-0.1, -0.05) is 18.2 Å². The van der Waals surface area contributed by atoms with Gasteiger partial charge in [-0.15, -0.1) is 4.89 Å². The van der Waals surface area contributed by atoms with E-state index in [0.29, 0.717) is 5.69 Å². The van der Waals surface area contributed by atoms with E-state index in [4.69, 9.17) is 9.79 Å². The van der Waals surface area contributed by atoms with Crippen LogP contribution in [-0.2, 0) is 13.4 Å². The molecule has 0 heterocycles. The van der Waals surface area contributed by atoms with Gasteiger partial charge < -0.3 is 4.89 Å². The second-order valence-electron chi connectivity index (χ2n) is 2.32. The monoisotopic (exact) mass is 236 g/mol. The molecule has 0 amide bonds. The van der Waals surface area contributed by atoms with Gasteiger partial charge in [0.15, 0.2) is 0 Å². The lowest BCUT2D eigenvalue weighted by Gasteiger charge is -2.06. The van der Waals surface area contributed by atoms with E-state index in [1.807, 2.05) is 0 Å². The third-order valence-corrected chi connectivity index (χ3v) is 3.21. The van der Waals surface area contributed by atoms with Crippen LogP contribution in [0.15, 0.2) is 30.3 Å². The molecule has 0 spiro atoms. The van der Waals surface area contributed by atoms with Crippen LogP contribution in [0.2, 0.25) is 0 Å². The first-order valence-electron chi connectivity index (χ1n) is 3.51. The van der Waals surface area contributed by atoms with Crippen LogP contribution in [0.3, 0.4) is 0 Å². The number of nitrogens with one attached hydrogen (secondary N) is 1. The van der Waals surface area contributed by atoms with Gasteiger partial charge in [-0.05, 0) is 16.4 Å². The normalized spacial score (nSPS) is 15.7. The maximum absolute atomic E-state index is 11.1. The van der Waals surface area contributed by atoms with Crippen molar-refractivity contribution in [2.45, 2.75) is 0 Å². The molecule has 6 nitrogen and oxygen atoms in total. The topological polar surface area (TPSA) is 95.9 Å². The summed E-state index contributed by atoms with van der Waals surface area (Å²) in [4.78, 5) is 17.3. The third kappa shape index (κ3) is 3.96. The minimum absolute atomic E-state index is 0.329. The number of hydrogen-bond acceptors (Lipinski definition) is 3. The first-order valence-corrected chi connectivity index (χ1v) is 6.22. The van der Waals surface area contributed by atoms with Crippen LogP contribution in [0.5, 0.6) is 0 Å². The molecule has 14 heavy (non-hydrogen) atoms. The molecule has 2 unspecified atom stereocenters. The summed E-state index contributed by atoms with van der Waals surface area (Å²) >= 11 is 0. The second-order valence-corrected chi connectivity index (χ2v) is 4.71. The lowest BCUT2D eigenvalue weighted by Crippen LogP contribution is -1.96. The van der Waals surface area contributed by atoms with Gasteiger partial charge in [0.1, 0.15) is 0 Å². The Morgan fingerprint density at radius 1 is 1.36 bits per heavy atom. The van der Waals surface area contributed by atoms with E-state index in [2.05, 4.69) is 9.40 Å². The predicted octanol–water partition coefficient (Wildman–Crippen LogP) is 1.87. The number of hydrogen-bond donors (Lipinski definition) is 3. The van der Waals surface area contributed by atoms with Crippen LogP contribution in [0.1, 0.15) is 0 Å². The summed E-state index contributed by atoms with van der Waals surface area (Å²) in [5, 5.41) is 2.09. The quantitative estimate of drug-likeness (QED) is 0.690. The van der Waals surface area contributed by atoms with Gasteiger partial charge in [-0.25, -0.2) is 4.57 Å². The Kier molecular flexibility index (Phi) is 3.75. The van der Waals surface area contributed by atoms with E-state index in [1.54, 1.807) is 18.2 Å². The molecule has 0 aliphatic carbocycles. The van der Waals surface area contributed by atoms with Crippen LogP contribution in [0.25, 0.3) is 0 Å². The van der Waals surface area contributed by atoms with Crippen molar-refractivity contribution < 1.29 is 23.2 Å². The molecule has 2 atom stereocenters. The molecule has 0 aliphatic heterocycles. The van der Waals surface area contributed by atoms with E-state index in [9.17, 15) is 9.13 Å². The standard InChI is InChI=1S/C6H7NO5P2/c8-13(9)12-14(10,11)7-6-4-2-1-3-5-6/h1-5H,(H2-,7,8,9,10,11)/p+1. The zero-order valence-electron chi connectivity index (χ0n) is 6.90. The molecular formula is C6H8NO5P2+. The SMILES string of the molecule is O=[P+](O)OP(=O)(O)Nc1ccccc1. The molecular weight excluding hydrogens is 228 g/mol.